The van der Waals surface area contributed by atoms with E-state index in [1.54, 1.807) is 24.1 Å². The maximum Gasteiger partial charge on any atom is 0.292 e. The molecule has 156 valence electrons. The standard InChI is InChI=1S/C23H24FN3O3/c1-3-20-25-21(16-6-4-7-17(24)14-16)22(30-20)23(28)27-12-10-26(11-13-27)18-8-5-9-19(15-18)29-2/h4-9,14-15H,3,10-13H2,1-2H3. The Labute approximate surface area is 174 Å². The van der Waals surface area contributed by atoms with Crippen molar-refractivity contribution in [3.05, 3.63) is 66.0 Å². The zero-order valence-electron chi connectivity index (χ0n) is 17.1. The normalized spacial score (nSPS) is 14.1. The topological polar surface area (TPSA) is 58.8 Å². The summed E-state index contributed by atoms with van der Waals surface area (Å²) >= 11 is 0. The van der Waals surface area contributed by atoms with Crippen molar-refractivity contribution in [2.75, 3.05) is 38.2 Å². The summed E-state index contributed by atoms with van der Waals surface area (Å²) in [4.78, 5) is 21.6. The van der Waals surface area contributed by atoms with E-state index in [0.29, 0.717) is 49.7 Å². The molecule has 6 nitrogen and oxygen atoms in total. The van der Waals surface area contributed by atoms with E-state index in [0.717, 1.165) is 11.4 Å². The third-order valence-corrected chi connectivity index (χ3v) is 5.25. The monoisotopic (exact) mass is 409 g/mol. The van der Waals surface area contributed by atoms with Crippen LogP contribution in [-0.4, -0.2) is 49.1 Å². The minimum Gasteiger partial charge on any atom is -0.497 e. The number of carbonyl (C=O) groups is 1. The molecule has 7 heteroatoms. The minimum atomic E-state index is -0.376. The summed E-state index contributed by atoms with van der Waals surface area (Å²) in [6, 6.07) is 14.0. The van der Waals surface area contributed by atoms with Gasteiger partial charge in [0.15, 0.2) is 5.89 Å². The van der Waals surface area contributed by atoms with Crippen LogP contribution in [-0.2, 0) is 6.42 Å². The summed E-state index contributed by atoms with van der Waals surface area (Å²) in [5.41, 5.74) is 2.00. The van der Waals surface area contributed by atoms with Crippen LogP contribution in [0.5, 0.6) is 5.75 Å². The Balaban J connectivity index is 1.52. The average molecular weight is 409 g/mol. The number of rotatable bonds is 5. The van der Waals surface area contributed by atoms with E-state index in [4.69, 9.17) is 9.15 Å². The largest absolute Gasteiger partial charge is 0.497 e. The van der Waals surface area contributed by atoms with E-state index in [1.807, 2.05) is 31.2 Å². The van der Waals surface area contributed by atoms with Gasteiger partial charge < -0.3 is 19.0 Å². The number of aryl methyl sites for hydroxylation is 1. The fourth-order valence-electron chi connectivity index (χ4n) is 3.61. The predicted molar refractivity (Wildman–Crippen MR) is 112 cm³/mol. The Kier molecular flexibility index (Phi) is 5.70. The number of aromatic nitrogens is 1. The third kappa shape index (κ3) is 4.01. The molecule has 0 saturated carbocycles. The number of piperazine rings is 1. The first kappa shape index (κ1) is 19.9. The highest BCUT2D eigenvalue weighted by atomic mass is 19.1. The second-order valence-electron chi connectivity index (χ2n) is 7.13. The molecule has 0 spiro atoms. The first-order valence-electron chi connectivity index (χ1n) is 10.0. The van der Waals surface area contributed by atoms with E-state index in [-0.39, 0.29) is 17.5 Å². The predicted octanol–water partition coefficient (Wildman–Crippen LogP) is 4.01. The second-order valence-corrected chi connectivity index (χ2v) is 7.13. The van der Waals surface area contributed by atoms with Gasteiger partial charge in [0.1, 0.15) is 17.3 Å². The third-order valence-electron chi connectivity index (χ3n) is 5.25. The maximum absolute atomic E-state index is 13.7. The van der Waals surface area contributed by atoms with Gasteiger partial charge in [0.25, 0.3) is 5.91 Å². The first-order valence-corrected chi connectivity index (χ1v) is 10.0. The van der Waals surface area contributed by atoms with Crippen molar-refractivity contribution in [3.8, 4) is 17.0 Å². The van der Waals surface area contributed by atoms with Gasteiger partial charge in [-0.3, -0.25) is 4.79 Å². The Bertz CT molecular complexity index is 1040. The summed E-state index contributed by atoms with van der Waals surface area (Å²) in [5.74, 6) is 0.852. The maximum atomic E-state index is 13.7. The van der Waals surface area contributed by atoms with Crippen molar-refractivity contribution < 1.29 is 18.3 Å². The van der Waals surface area contributed by atoms with E-state index in [1.165, 1.54) is 12.1 Å². The number of benzene rings is 2. The number of anilines is 1. The van der Waals surface area contributed by atoms with Gasteiger partial charge >= 0.3 is 0 Å². The highest BCUT2D eigenvalue weighted by Gasteiger charge is 2.28. The quantitative estimate of drug-likeness (QED) is 0.637. The van der Waals surface area contributed by atoms with Crippen molar-refractivity contribution in [1.82, 2.24) is 9.88 Å². The van der Waals surface area contributed by atoms with E-state index < -0.39 is 0 Å². The molecule has 2 aromatic carbocycles. The van der Waals surface area contributed by atoms with Crippen LogP contribution in [0.1, 0.15) is 23.4 Å². The molecule has 2 heterocycles. The number of nitrogens with zero attached hydrogens (tertiary/aromatic N) is 3. The van der Waals surface area contributed by atoms with Crippen LogP contribution in [0.15, 0.2) is 52.9 Å². The fourth-order valence-corrected chi connectivity index (χ4v) is 3.61. The van der Waals surface area contributed by atoms with Crippen molar-refractivity contribution in [2.45, 2.75) is 13.3 Å². The summed E-state index contributed by atoms with van der Waals surface area (Å²) in [5, 5.41) is 0. The lowest BCUT2D eigenvalue weighted by atomic mass is 10.1. The molecule has 0 unspecified atom stereocenters. The molecule has 0 atom stereocenters. The van der Waals surface area contributed by atoms with Crippen LogP contribution in [0.3, 0.4) is 0 Å². The van der Waals surface area contributed by atoms with Crippen LogP contribution in [0, 0.1) is 5.82 Å². The molecule has 1 amide bonds. The van der Waals surface area contributed by atoms with E-state index in [2.05, 4.69) is 9.88 Å². The number of amides is 1. The second kappa shape index (κ2) is 8.57. The van der Waals surface area contributed by atoms with Crippen molar-refractivity contribution in [1.29, 1.82) is 0 Å². The van der Waals surface area contributed by atoms with Crippen LogP contribution in [0.25, 0.3) is 11.3 Å². The molecule has 1 fully saturated rings. The van der Waals surface area contributed by atoms with Crippen LogP contribution < -0.4 is 9.64 Å². The van der Waals surface area contributed by atoms with Crippen LogP contribution in [0.4, 0.5) is 10.1 Å². The highest BCUT2D eigenvalue weighted by Crippen LogP contribution is 2.27. The molecular weight excluding hydrogens is 385 g/mol. The Morgan fingerprint density at radius 1 is 1.13 bits per heavy atom. The average Bonchev–Trinajstić information content (AvgIpc) is 3.23. The van der Waals surface area contributed by atoms with Crippen molar-refractivity contribution in [3.63, 3.8) is 0 Å². The number of halogens is 1. The van der Waals surface area contributed by atoms with Gasteiger partial charge in [-0.1, -0.05) is 25.1 Å². The van der Waals surface area contributed by atoms with Crippen molar-refractivity contribution in [2.24, 2.45) is 0 Å². The molecule has 4 rings (SSSR count). The molecule has 0 radical (unpaired) electrons. The Hall–Kier alpha value is -3.35. The number of methoxy groups -OCH3 is 1. The van der Waals surface area contributed by atoms with Crippen molar-refractivity contribution >= 4 is 11.6 Å². The van der Waals surface area contributed by atoms with Crippen LogP contribution >= 0.6 is 0 Å². The Morgan fingerprint density at radius 3 is 2.60 bits per heavy atom. The zero-order valence-corrected chi connectivity index (χ0v) is 17.1. The van der Waals surface area contributed by atoms with Gasteiger partial charge in [0.2, 0.25) is 5.76 Å². The zero-order chi connectivity index (χ0) is 21.1. The smallest absolute Gasteiger partial charge is 0.292 e. The number of hydrogen-bond donors (Lipinski definition) is 0. The number of oxazole rings is 1. The summed E-state index contributed by atoms with van der Waals surface area (Å²) < 4.78 is 24.8. The lowest BCUT2D eigenvalue weighted by Gasteiger charge is -2.35. The highest BCUT2D eigenvalue weighted by molar-refractivity contribution is 5.97. The van der Waals surface area contributed by atoms with Crippen LogP contribution in [0.2, 0.25) is 0 Å². The molecule has 0 bridgehead atoms. The first-order chi connectivity index (χ1) is 14.6. The molecule has 0 aliphatic carbocycles. The number of hydrogen-bond acceptors (Lipinski definition) is 5. The summed E-state index contributed by atoms with van der Waals surface area (Å²) in [6.45, 7) is 4.41. The number of carbonyl (C=O) groups excluding carboxylic acids is 1. The summed E-state index contributed by atoms with van der Waals surface area (Å²) in [6.07, 6.45) is 0.555. The van der Waals surface area contributed by atoms with E-state index >= 15 is 0 Å². The summed E-state index contributed by atoms with van der Waals surface area (Å²) in [7, 11) is 1.65. The molecular formula is C23H24FN3O3. The van der Waals surface area contributed by atoms with E-state index in [9.17, 15) is 9.18 Å². The fraction of sp³-hybridized carbons (Fsp3) is 0.304. The van der Waals surface area contributed by atoms with Gasteiger partial charge in [-0.25, -0.2) is 9.37 Å². The van der Waals surface area contributed by atoms with Gasteiger partial charge in [-0.2, -0.15) is 0 Å². The lowest BCUT2D eigenvalue weighted by molar-refractivity contribution is 0.0714. The molecule has 1 aliphatic rings. The SMILES string of the molecule is CCc1nc(-c2cccc(F)c2)c(C(=O)N2CCN(c3cccc(OC)c3)CC2)o1. The molecule has 30 heavy (non-hydrogen) atoms. The number of ether oxygens (including phenoxy) is 1. The van der Waals surface area contributed by atoms with Gasteiger partial charge in [-0.15, -0.1) is 0 Å². The molecule has 1 saturated heterocycles. The Morgan fingerprint density at radius 2 is 1.90 bits per heavy atom. The van der Waals surface area contributed by atoms with Gasteiger partial charge in [0.05, 0.1) is 7.11 Å². The van der Waals surface area contributed by atoms with Gasteiger partial charge in [0, 0.05) is 49.9 Å². The lowest BCUT2D eigenvalue weighted by Crippen LogP contribution is -2.48. The van der Waals surface area contributed by atoms with Gasteiger partial charge in [-0.05, 0) is 24.3 Å². The minimum absolute atomic E-state index is 0.173. The molecule has 1 aromatic heterocycles. The molecule has 3 aromatic rings. The molecule has 1 aliphatic heterocycles. The molecule has 0 N–H and O–H groups in total.